The lowest BCUT2D eigenvalue weighted by molar-refractivity contribution is -0.148. The van der Waals surface area contributed by atoms with Gasteiger partial charge in [-0.15, -0.1) is 0 Å². The van der Waals surface area contributed by atoms with E-state index >= 15 is 0 Å². The average Bonchev–Trinajstić information content (AvgIpc) is 2.99. The van der Waals surface area contributed by atoms with E-state index in [2.05, 4.69) is 17.4 Å². The third kappa shape index (κ3) is 4.17. The summed E-state index contributed by atoms with van der Waals surface area (Å²) in [5, 5.41) is 21.4. The lowest BCUT2D eigenvalue weighted by atomic mass is 9.98. The van der Waals surface area contributed by atoms with Gasteiger partial charge in [-0.25, -0.2) is 9.59 Å². The smallest absolute Gasteiger partial charge is 0.407 e. The van der Waals surface area contributed by atoms with Crippen LogP contribution in [0.5, 0.6) is 0 Å². The van der Waals surface area contributed by atoms with Gasteiger partial charge in [-0.3, -0.25) is 0 Å². The number of carboxylic acids is 1. The van der Waals surface area contributed by atoms with Gasteiger partial charge in [-0.05, 0) is 34.6 Å². The monoisotopic (exact) mass is 383 g/mol. The Morgan fingerprint density at radius 2 is 1.57 bits per heavy atom. The molecule has 0 aliphatic heterocycles. The summed E-state index contributed by atoms with van der Waals surface area (Å²) < 4.78 is 5.43. The number of hydrogen-bond donors (Lipinski definition) is 3. The molecule has 2 atom stereocenters. The first-order valence-electron chi connectivity index (χ1n) is 9.41. The summed E-state index contributed by atoms with van der Waals surface area (Å²) in [6.45, 7) is 3.92. The first-order valence-corrected chi connectivity index (χ1v) is 9.41. The second-order valence-electron chi connectivity index (χ2n) is 7.49. The van der Waals surface area contributed by atoms with Crippen LogP contribution in [0.3, 0.4) is 0 Å². The fourth-order valence-electron chi connectivity index (χ4n) is 3.74. The Morgan fingerprint density at radius 3 is 2.07 bits per heavy atom. The summed E-state index contributed by atoms with van der Waals surface area (Å²) in [5.41, 5.74) is 4.46. The average molecular weight is 383 g/mol. The van der Waals surface area contributed by atoms with E-state index in [0.29, 0.717) is 6.42 Å². The van der Waals surface area contributed by atoms with Gasteiger partial charge < -0.3 is 20.3 Å². The lowest BCUT2D eigenvalue weighted by Crippen LogP contribution is -2.48. The van der Waals surface area contributed by atoms with Crippen molar-refractivity contribution in [3.05, 3.63) is 59.7 Å². The molecule has 0 spiro atoms. The third-order valence-corrected chi connectivity index (χ3v) is 5.01. The molecule has 6 nitrogen and oxygen atoms in total. The number of carboxylic acid groups (broad SMARTS) is 1. The Labute approximate surface area is 164 Å². The molecule has 148 valence electrons. The molecule has 3 rings (SSSR count). The Balaban J connectivity index is 1.70. The second-order valence-corrected chi connectivity index (χ2v) is 7.49. The van der Waals surface area contributed by atoms with Gasteiger partial charge in [0, 0.05) is 5.92 Å². The number of aliphatic hydroxyl groups excluding tert-OH is 1. The van der Waals surface area contributed by atoms with Gasteiger partial charge in [-0.1, -0.05) is 62.4 Å². The van der Waals surface area contributed by atoms with Gasteiger partial charge in [0.15, 0.2) is 6.10 Å². The van der Waals surface area contributed by atoms with E-state index in [-0.39, 0.29) is 18.4 Å². The van der Waals surface area contributed by atoms with E-state index in [1.807, 2.05) is 50.2 Å². The van der Waals surface area contributed by atoms with Crippen molar-refractivity contribution in [1.82, 2.24) is 5.32 Å². The van der Waals surface area contributed by atoms with Crippen LogP contribution in [0.1, 0.15) is 37.3 Å². The van der Waals surface area contributed by atoms with Gasteiger partial charge >= 0.3 is 12.1 Å². The van der Waals surface area contributed by atoms with Crippen LogP contribution in [0.15, 0.2) is 48.5 Å². The first kappa shape index (κ1) is 19.9. The summed E-state index contributed by atoms with van der Waals surface area (Å²) in [7, 11) is 0. The van der Waals surface area contributed by atoms with E-state index in [4.69, 9.17) is 9.84 Å². The number of rotatable bonds is 7. The Morgan fingerprint density at radius 1 is 1.04 bits per heavy atom. The largest absolute Gasteiger partial charge is 0.479 e. The number of aliphatic carboxylic acids is 1. The fraction of sp³-hybridized carbons (Fsp3) is 0.364. The lowest BCUT2D eigenvalue weighted by Gasteiger charge is -2.23. The van der Waals surface area contributed by atoms with Crippen molar-refractivity contribution in [3.63, 3.8) is 0 Å². The SMILES string of the molecule is CC(C)CC(NC(=O)OCC1c2ccccc2-c2ccccc21)C(O)C(=O)O. The zero-order chi connectivity index (χ0) is 20.3. The maximum Gasteiger partial charge on any atom is 0.407 e. The molecule has 1 amide bonds. The minimum atomic E-state index is -1.68. The highest BCUT2D eigenvalue weighted by atomic mass is 16.5. The molecule has 1 aliphatic rings. The Bertz CT molecular complexity index is 818. The minimum Gasteiger partial charge on any atom is -0.479 e. The van der Waals surface area contributed by atoms with Gasteiger partial charge in [0.05, 0.1) is 6.04 Å². The van der Waals surface area contributed by atoms with E-state index < -0.39 is 24.2 Å². The van der Waals surface area contributed by atoms with Gasteiger partial charge in [-0.2, -0.15) is 0 Å². The highest BCUT2D eigenvalue weighted by Gasteiger charge is 2.31. The quantitative estimate of drug-likeness (QED) is 0.681. The van der Waals surface area contributed by atoms with Crippen molar-refractivity contribution < 1.29 is 24.5 Å². The number of ether oxygens (including phenoxy) is 1. The number of carbonyl (C=O) groups is 2. The number of nitrogens with one attached hydrogen (secondary N) is 1. The van der Waals surface area contributed by atoms with Crippen molar-refractivity contribution in [2.24, 2.45) is 5.92 Å². The number of aliphatic hydroxyl groups is 1. The van der Waals surface area contributed by atoms with E-state index in [1.54, 1.807) is 0 Å². The number of carbonyl (C=O) groups excluding carboxylic acids is 1. The number of benzene rings is 2. The summed E-state index contributed by atoms with van der Waals surface area (Å²) >= 11 is 0. The van der Waals surface area contributed by atoms with Crippen LogP contribution in [0, 0.1) is 5.92 Å². The molecule has 0 aromatic heterocycles. The molecule has 1 aliphatic carbocycles. The summed E-state index contributed by atoms with van der Waals surface area (Å²) in [4.78, 5) is 23.4. The van der Waals surface area contributed by atoms with Crippen LogP contribution in [-0.2, 0) is 9.53 Å². The van der Waals surface area contributed by atoms with Crippen LogP contribution >= 0.6 is 0 Å². The fourth-order valence-corrected chi connectivity index (χ4v) is 3.74. The van der Waals surface area contributed by atoms with Crippen LogP contribution < -0.4 is 5.32 Å². The number of alkyl carbamates (subject to hydrolysis) is 1. The molecule has 0 saturated heterocycles. The molecule has 0 bridgehead atoms. The van der Waals surface area contributed by atoms with E-state index in [0.717, 1.165) is 22.3 Å². The third-order valence-electron chi connectivity index (χ3n) is 5.01. The van der Waals surface area contributed by atoms with Crippen molar-refractivity contribution >= 4 is 12.1 Å². The zero-order valence-corrected chi connectivity index (χ0v) is 16.0. The normalized spacial score (nSPS) is 14.9. The van der Waals surface area contributed by atoms with Crippen LogP contribution in [0.2, 0.25) is 0 Å². The minimum absolute atomic E-state index is 0.0777. The molecule has 2 aromatic rings. The molecule has 0 heterocycles. The first-order chi connectivity index (χ1) is 13.4. The molecule has 2 aromatic carbocycles. The van der Waals surface area contributed by atoms with Gasteiger partial charge in [0.25, 0.3) is 0 Å². The van der Waals surface area contributed by atoms with Crippen molar-refractivity contribution in [2.75, 3.05) is 6.61 Å². The zero-order valence-electron chi connectivity index (χ0n) is 16.0. The van der Waals surface area contributed by atoms with Gasteiger partial charge in [0.1, 0.15) is 6.61 Å². The molecule has 0 saturated carbocycles. The molecular weight excluding hydrogens is 358 g/mol. The number of fused-ring (bicyclic) bond motifs is 3. The van der Waals surface area contributed by atoms with E-state index in [9.17, 15) is 14.7 Å². The van der Waals surface area contributed by atoms with E-state index in [1.165, 1.54) is 0 Å². The summed E-state index contributed by atoms with van der Waals surface area (Å²) in [5.74, 6) is -1.34. The van der Waals surface area contributed by atoms with Crippen LogP contribution in [-0.4, -0.2) is 41.0 Å². The van der Waals surface area contributed by atoms with Crippen molar-refractivity contribution in [2.45, 2.75) is 38.3 Å². The number of amides is 1. The summed E-state index contributed by atoms with van der Waals surface area (Å²) in [6.07, 6.45) is -2.08. The van der Waals surface area contributed by atoms with Crippen molar-refractivity contribution in [1.29, 1.82) is 0 Å². The van der Waals surface area contributed by atoms with Crippen LogP contribution in [0.25, 0.3) is 11.1 Å². The van der Waals surface area contributed by atoms with Gasteiger partial charge in [0.2, 0.25) is 0 Å². The molecule has 0 radical (unpaired) electrons. The number of hydrogen-bond acceptors (Lipinski definition) is 4. The maximum absolute atomic E-state index is 12.3. The molecule has 2 unspecified atom stereocenters. The molecule has 6 heteroatoms. The highest BCUT2D eigenvalue weighted by Crippen LogP contribution is 2.44. The van der Waals surface area contributed by atoms with Crippen LogP contribution in [0.4, 0.5) is 4.79 Å². The molecule has 3 N–H and O–H groups in total. The topological polar surface area (TPSA) is 95.9 Å². The Kier molecular flexibility index (Phi) is 5.99. The summed E-state index contributed by atoms with van der Waals surface area (Å²) in [6, 6.07) is 15.1. The molecule has 28 heavy (non-hydrogen) atoms. The molecular formula is C22H25NO5. The predicted molar refractivity (Wildman–Crippen MR) is 105 cm³/mol. The highest BCUT2D eigenvalue weighted by molar-refractivity contribution is 5.79. The second kappa shape index (κ2) is 8.44. The Hall–Kier alpha value is -2.86. The molecule has 0 fully saturated rings. The van der Waals surface area contributed by atoms with Crippen molar-refractivity contribution in [3.8, 4) is 11.1 Å². The maximum atomic E-state index is 12.3. The predicted octanol–water partition coefficient (Wildman–Crippen LogP) is 3.39. The standard InChI is InChI=1S/C22H25NO5/c1-13(2)11-19(20(24)21(25)26)23-22(27)28-12-18-16-9-5-3-7-14(16)15-8-4-6-10-17(15)18/h3-10,13,18-20,24H,11-12H2,1-2H3,(H,23,27)(H,25,26).